The summed E-state index contributed by atoms with van der Waals surface area (Å²) in [6.45, 7) is 6.66. The lowest BCUT2D eigenvalue weighted by molar-refractivity contribution is 0.0600. The SMILES string of the molecule is C=CC(C/C=C/CCc1ccc(C(=O)OC)cc1)NC(=O)c1cc(NCC)ccc1NC. The predicted molar refractivity (Wildman–Crippen MR) is 131 cm³/mol. The quantitative estimate of drug-likeness (QED) is 0.329. The number of amides is 1. The van der Waals surface area contributed by atoms with Gasteiger partial charge in [-0.3, -0.25) is 4.79 Å². The number of ether oxygens (including phenoxy) is 1. The Bertz CT molecular complexity index is 936. The van der Waals surface area contributed by atoms with Crippen molar-refractivity contribution in [1.29, 1.82) is 0 Å². The molecule has 2 aromatic carbocycles. The molecule has 0 saturated heterocycles. The Kier molecular flexibility index (Phi) is 10.0. The average molecular weight is 436 g/mol. The van der Waals surface area contributed by atoms with E-state index in [1.54, 1.807) is 25.3 Å². The number of hydrogen-bond acceptors (Lipinski definition) is 5. The second kappa shape index (κ2) is 13.0. The molecule has 6 nitrogen and oxygen atoms in total. The summed E-state index contributed by atoms with van der Waals surface area (Å²) in [5.74, 6) is -0.470. The maximum absolute atomic E-state index is 12.8. The topological polar surface area (TPSA) is 79.5 Å². The largest absolute Gasteiger partial charge is 0.465 e. The Balaban J connectivity index is 1.87. The number of esters is 1. The van der Waals surface area contributed by atoms with Crippen molar-refractivity contribution < 1.29 is 14.3 Å². The monoisotopic (exact) mass is 435 g/mol. The van der Waals surface area contributed by atoms with Gasteiger partial charge in [-0.05, 0) is 62.1 Å². The van der Waals surface area contributed by atoms with Crippen LogP contribution in [0.3, 0.4) is 0 Å². The summed E-state index contributed by atoms with van der Waals surface area (Å²) >= 11 is 0. The second-order valence-corrected chi connectivity index (χ2v) is 7.29. The molecular formula is C26H33N3O3. The van der Waals surface area contributed by atoms with Crippen LogP contribution in [0.5, 0.6) is 0 Å². The summed E-state index contributed by atoms with van der Waals surface area (Å²) in [6, 6.07) is 13.0. The zero-order chi connectivity index (χ0) is 23.3. The van der Waals surface area contributed by atoms with E-state index in [0.29, 0.717) is 17.5 Å². The van der Waals surface area contributed by atoms with Crippen LogP contribution in [-0.4, -0.2) is 38.6 Å². The summed E-state index contributed by atoms with van der Waals surface area (Å²) in [4.78, 5) is 24.3. The second-order valence-electron chi connectivity index (χ2n) is 7.29. The van der Waals surface area contributed by atoms with Gasteiger partial charge in [0.1, 0.15) is 0 Å². The van der Waals surface area contributed by atoms with Crippen molar-refractivity contribution in [3.8, 4) is 0 Å². The van der Waals surface area contributed by atoms with Crippen LogP contribution in [0, 0.1) is 0 Å². The van der Waals surface area contributed by atoms with Crippen LogP contribution < -0.4 is 16.0 Å². The number of allylic oxidation sites excluding steroid dienone is 1. The Morgan fingerprint density at radius 3 is 2.50 bits per heavy atom. The highest BCUT2D eigenvalue weighted by atomic mass is 16.5. The van der Waals surface area contributed by atoms with Crippen molar-refractivity contribution in [2.45, 2.75) is 32.2 Å². The van der Waals surface area contributed by atoms with Crippen molar-refractivity contribution in [2.24, 2.45) is 0 Å². The van der Waals surface area contributed by atoms with Crippen molar-refractivity contribution in [3.63, 3.8) is 0 Å². The number of benzene rings is 2. The van der Waals surface area contributed by atoms with E-state index in [4.69, 9.17) is 4.74 Å². The van der Waals surface area contributed by atoms with Crippen molar-refractivity contribution in [3.05, 3.63) is 84.0 Å². The first-order valence-electron chi connectivity index (χ1n) is 10.8. The lowest BCUT2D eigenvalue weighted by Gasteiger charge is -2.16. The summed E-state index contributed by atoms with van der Waals surface area (Å²) < 4.78 is 4.71. The first-order valence-corrected chi connectivity index (χ1v) is 10.8. The van der Waals surface area contributed by atoms with E-state index in [1.165, 1.54) is 7.11 Å². The lowest BCUT2D eigenvalue weighted by atomic mass is 10.1. The van der Waals surface area contributed by atoms with Crippen LogP contribution in [0.4, 0.5) is 11.4 Å². The molecule has 0 aliphatic rings. The Hall–Kier alpha value is -3.54. The molecule has 0 spiro atoms. The third kappa shape index (κ3) is 7.30. The molecule has 1 amide bonds. The van der Waals surface area contributed by atoms with Gasteiger partial charge in [-0.2, -0.15) is 0 Å². The molecule has 170 valence electrons. The Morgan fingerprint density at radius 1 is 1.12 bits per heavy atom. The van der Waals surface area contributed by atoms with Gasteiger partial charge in [0.05, 0.1) is 24.3 Å². The van der Waals surface area contributed by atoms with E-state index >= 15 is 0 Å². The van der Waals surface area contributed by atoms with E-state index in [9.17, 15) is 9.59 Å². The Morgan fingerprint density at radius 2 is 1.88 bits per heavy atom. The van der Waals surface area contributed by atoms with Crippen molar-refractivity contribution >= 4 is 23.3 Å². The number of nitrogens with one attached hydrogen (secondary N) is 3. The average Bonchev–Trinajstić information content (AvgIpc) is 2.83. The number of carbonyl (C=O) groups excluding carboxylic acids is 2. The van der Waals surface area contributed by atoms with E-state index in [-0.39, 0.29) is 17.9 Å². The zero-order valence-electron chi connectivity index (χ0n) is 19.1. The summed E-state index contributed by atoms with van der Waals surface area (Å²) in [6.07, 6.45) is 8.31. The fraction of sp³-hybridized carbons (Fsp3) is 0.308. The molecule has 0 heterocycles. The van der Waals surface area contributed by atoms with Crippen LogP contribution >= 0.6 is 0 Å². The normalized spacial score (nSPS) is 11.6. The van der Waals surface area contributed by atoms with Gasteiger partial charge in [-0.1, -0.05) is 30.4 Å². The number of aryl methyl sites for hydroxylation is 1. The number of hydrogen-bond donors (Lipinski definition) is 3. The standard InChI is InChI=1S/C26H33N3O3/c1-5-21(29-25(30)23-18-22(28-6-2)16-17-24(23)27-3)11-9-7-8-10-19-12-14-20(15-13-19)26(31)32-4/h5,7,9,12-18,21,27-28H,1,6,8,10-11H2,2-4H3,(H,29,30)/b9-7+. The molecule has 1 unspecified atom stereocenters. The molecule has 0 bridgehead atoms. The maximum Gasteiger partial charge on any atom is 0.337 e. The molecule has 2 aromatic rings. The fourth-order valence-electron chi connectivity index (χ4n) is 3.26. The molecule has 0 fully saturated rings. The van der Waals surface area contributed by atoms with E-state index < -0.39 is 0 Å². The minimum absolute atomic E-state index is 0.141. The maximum atomic E-state index is 12.8. The van der Waals surface area contributed by atoms with Crippen LogP contribution in [0.2, 0.25) is 0 Å². The van der Waals surface area contributed by atoms with Crippen LogP contribution in [0.1, 0.15) is 46.0 Å². The molecular weight excluding hydrogens is 402 g/mol. The van der Waals surface area contributed by atoms with Gasteiger partial charge in [0.25, 0.3) is 5.91 Å². The lowest BCUT2D eigenvalue weighted by Crippen LogP contribution is -2.33. The molecule has 0 radical (unpaired) electrons. The molecule has 0 aliphatic heterocycles. The zero-order valence-corrected chi connectivity index (χ0v) is 19.1. The summed E-state index contributed by atoms with van der Waals surface area (Å²) in [5, 5.41) is 9.34. The van der Waals surface area contributed by atoms with Crippen LogP contribution in [0.15, 0.2) is 67.3 Å². The first-order chi connectivity index (χ1) is 15.5. The highest BCUT2D eigenvalue weighted by Crippen LogP contribution is 2.20. The molecule has 3 N–H and O–H groups in total. The smallest absolute Gasteiger partial charge is 0.337 e. The third-order valence-corrected chi connectivity index (χ3v) is 5.05. The van der Waals surface area contributed by atoms with Gasteiger partial charge >= 0.3 is 5.97 Å². The molecule has 6 heteroatoms. The first kappa shape index (κ1) is 24.7. The molecule has 0 aromatic heterocycles. The van der Waals surface area contributed by atoms with E-state index in [2.05, 4.69) is 34.7 Å². The number of rotatable bonds is 12. The van der Waals surface area contributed by atoms with Gasteiger partial charge in [0.15, 0.2) is 0 Å². The summed E-state index contributed by atoms with van der Waals surface area (Å²) in [5.41, 5.74) is 3.98. The molecule has 1 atom stereocenters. The predicted octanol–water partition coefficient (Wildman–Crippen LogP) is 4.81. The van der Waals surface area contributed by atoms with Crippen molar-refractivity contribution in [2.75, 3.05) is 31.3 Å². The van der Waals surface area contributed by atoms with Gasteiger partial charge < -0.3 is 20.7 Å². The number of anilines is 2. The van der Waals surface area contributed by atoms with Gasteiger partial charge in [-0.15, -0.1) is 6.58 Å². The van der Waals surface area contributed by atoms with E-state index in [0.717, 1.165) is 36.3 Å². The minimum atomic E-state index is -0.329. The summed E-state index contributed by atoms with van der Waals surface area (Å²) in [7, 11) is 3.18. The highest BCUT2D eigenvalue weighted by molar-refractivity contribution is 6.00. The Labute approximate surface area is 190 Å². The molecule has 0 saturated carbocycles. The number of carbonyl (C=O) groups is 2. The third-order valence-electron chi connectivity index (χ3n) is 5.05. The number of methoxy groups -OCH3 is 1. The molecule has 0 aliphatic carbocycles. The minimum Gasteiger partial charge on any atom is -0.465 e. The van der Waals surface area contributed by atoms with E-state index in [1.807, 2.05) is 37.3 Å². The van der Waals surface area contributed by atoms with Gasteiger partial charge in [-0.25, -0.2) is 4.79 Å². The molecule has 32 heavy (non-hydrogen) atoms. The van der Waals surface area contributed by atoms with Gasteiger partial charge in [0.2, 0.25) is 0 Å². The fourth-order valence-corrected chi connectivity index (χ4v) is 3.26. The van der Waals surface area contributed by atoms with Crippen LogP contribution in [0.25, 0.3) is 0 Å². The van der Waals surface area contributed by atoms with Crippen molar-refractivity contribution in [1.82, 2.24) is 5.32 Å². The molecule has 2 rings (SSSR count). The van der Waals surface area contributed by atoms with Gasteiger partial charge in [0, 0.05) is 25.0 Å². The van der Waals surface area contributed by atoms with Crippen LogP contribution in [-0.2, 0) is 11.2 Å². The highest BCUT2D eigenvalue weighted by Gasteiger charge is 2.14.